The van der Waals surface area contributed by atoms with Gasteiger partial charge in [0.05, 0.1) is 17.7 Å². The minimum Gasteiger partial charge on any atom is -0.492 e. The van der Waals surface area contributed by atoms with Gasteiger partial charge in [-0.05, 0) is 71.4 Å². The molecule has 1 saturated heterocycles. The third-order valence-electron chi connectivity index (χ3n) is 9.34. The summed E-state index contributed by atoms with van der Waals surface area (Å²) in [7, 11) is 1.72. The molecule has 0 aromatic heterocycles. The van der Waals surface area contributed by atoms with Gasteiger partial charge >= 0.3 is 0 Å². The number of hydrogen-bond donors (Lipinski definition) is 3. The highest BCUT2D eigenvalue weighted by Crippen LogP contribution is 2.35. The van der Waals surface area contributed by atoms with Crippen LogP contribution in [0.3, 0.4) is 0 Å². The predicted octanol–water partition coefficient (Wildman–Crippen LogP) is 5.59. The number of piperidine rings is 1. The van der Waals surface area contributed by atoms with Crippen molar-refractivity contribution < 1.29 is 29.0 Å². The molecule has 0 aliphatic carbocycles. The normalized spacial score (nSPS) is 17.4. The fraction of sp³-hybridized carbons (Fsp3) is 0.268. The minimum absolute atomic E-state index is 0.110. The highest BCUT2D eigenvalue weighted by atomic mass is 16.5. The van der Waals surface area contributed by atoms with Crippen LogP contribution in [0.5, 0.6) is 5.75 Å². The fourth-order valence-corrected chi connectivity index (χ4v) is 6.68. The molecule has 4 aromatic rings. The van der Waals surface area contributed by atoms with Crippen molar-refractivity contribution in [2.24, 2.45) is 0 Å². The number of fused-ring (bicyclic) bond motifs is 1. The molecule has 0 bridgehead atoms. The van der Waals surface area contributed by atoms with Crippen LogP contribution in [0.2, 0.25) is 0 Å². The average Bonchev–Trinajstić information content (AvgIpc) is 3.40. The number of rotatable bonds is 13. The number of likely N-dealkylation sites (N-methyl/N-ethyl adjacent to an activating group) is 1. The van der Waals surface area contributed by atoms with Gasteiger partial charge in [-0.3, -0.25) is 24.1 Å². The van der Waals surface area contributed by atoms with E-state index in [9.17, 15) is 24.3 Å². The maximum absolute atomic E-state index is 13.3. The molecule has 4 amide bonds. The van der Waals surface area contributed by atoms with Crippen molar-refractivity contribution in [3.8, 4) is 5.75 Å². The number of benzene rings is 4. The van der Waals surface area contributed by atoms with Crippen molar-refractivity contribution >= 4 is 40.5 Å². The number of carbonyl (C=O) groups excluding carboxylic acids is 4. The first-order valence-corrected chi connectivity index (χ1v) is 17.3. The van der Waals surface area contributed by atoms with Crippen LogP contribution in [0, 0.1) is 0 Å². The van der Waals surface area contributed by atoms with Gasteiger partial charge in [-0.25, -0.2) is 0 Å². The number of imide groups is 1. The monoisotopic (exact) mass is 686 g/mol. The maximum atomic E-state index is 13.3. The van der Waals surface area contributed by atoms with Gasteiger partial charge in [0.1, 0.15) is 24.6 Å². The van der Waals surface area contributed by atoms with E-state index in [1.807, 2.05) is 24.3 Å². The van der Waals surface area contributed by atoms with Crippen LogP contribution < -0.4 is 15.4 Å². The summed E-state index contributed by atoms with van der Waals surface area (Å²) < 4.78 is 6.02. The lowest BCUT2D eigenvalue weighted by Gasteiger charge is -2.31. The van der Waals surface area contributed by atoms with Crippen molar-refractivity contribution in [1.82, 2.24) is 15.1 Å². The van der Waals surface area contributed by atoms with E-state index in [-0.39, 0.29) is 42.8 Å². The lowest BCUT2D eigenvalue weighted by atomic mass is 9.88. The number of aliphatic hydroxyl groups excluding tert-OH is 1. The van der Waals surface area contributed by atoms with Crippen molar-refractivity contribution in [2.75, 3.05) is 32.1 Å². The van der Waals surface area contributed by atoms with Crippen LogP contribution in [0.15, 0.2) is 103 Å². The minimum atomic E-state index is -0.995. The number of amides is 4. The van der Waals surface area contributed by atoms with Crippen molar-refractivity contribution in [1.29, 1.82) is 0 Å². The van der Waals surface area contributed by atoms with E-state index in [0.29, 0.717) is 24.6 Å². The molecule has 0 saturated carbocycles. The summed E-state index contributed by atoms with van der Waals surface area (Å²) >= 11 is 0. The van der Waals surface area contributed by atoms with Crippen molar-refractivity contribution in [3.05, 3.63) is 131 Å². The summed E-state index contributed by atoms with van der Waals surface area (Å²) in [6, 6.07) is 32.8. The lowest BCUT2D eigenvalue weighted by Crippen LogP contribution is -2.55. The van der Waals surface area contributed by atoms with Crippen LogP contribution in [-0.2, 0) is 9.59 Å². The molecule has 6 rings (SSSR count). The second-order valence-corrected chi connectivity index (χ2v) is 12.6. The molecular formula is C41H42N4O6. The molecule has 2 atom stereocenters. The lowest BCUT2D eigenvalue weighted by molar-refractivity contribution is -0.131. The first kappa shape index (κ1) is 35.1. The predicted molar refractivity (Wildman–Crippen MR) is 196 cm³/mol. The zero-order valence-corrected chi connectivity index (χ0v) is 28.8. The quantitative estimate of drug-likeness (QED) is 0.124. The molecule has 1 fully saturated rings. The number of nitrogens with one attached hydrogen (secondary N) is 2. The Kier molecular flexibility index (Phi) is 10.9. The van der Waals surface area contributed by atoms with Crippen LogP contribution in [0.25, 0.3) is 11.1 Å². The smallest absolute Gasteiger partial charge is 0.264 e. The molecule has 3 N–H and O–H groups in total. The summed E-state index contributed by atoms with van der Waals surface area (Å²) in [5.74, 6) is -1.09. The average molecular weight is 687 g/mol. The second-order valence-electron chi connectivity index (χ2n) is 12.6. The largest absolute Gasteiger partial charge is 0.492 e. The third-order valence-corrected chi connectivity index (χ3v) is 9.34. The molecule has 10 nitrogen and oxygen atoms in total. The fourth-order valence-electron chi connectivity index (χ4n) is 6.68. The molecule has 2 aliphatic heterocycles. The van der Waals surface area contributed by atoms with Gasteiger partial charge < -0.3 is 25.4 Å². The number of ether oxygens (including phenoxy) is 1. The van der Waals surface area contributed by atoms with Gasteiger partial charge in [0.25, 0.3) is 11.8 Å². The summed E-state index contributed by atoms with van der Waals surface area (Å²) in [5.41, 5.74) is 6.68. The zero-order valence-electron chi connectivity index (χ0n) is 28.8. The third kappa shape index (κ3) is 7.71. The van der Waals surface area contributed by atoms with E-state index in [2.05, 4.69) is 78.2 Å². The Balaban J connectivity index is 1.02. The maximum Gasteiger partial charge on any atom is 0.264 e. The highest BCUT2D eigenvalue weighted by Gasteiger charge is 2.45. The van der Waals surface area contributed by atoms with E-state index in [4.69, 9.17) is 4.74 Å². The molecule has 2 aliphatic rings. The molecule has 2 heterocycles. The van der Waals surface area contributed by atoms with Gasteiger partial charge in [0.2, 0.25) is 11.8 Å². The number of nitrogens with zero attached hydrogens (tertiary/aromatic N) is 2. The zero-order chi connectivity index (χ0) is 35.9. The topological polar surface area (TPSA) is 128 Å². The van der Waals surface area contributed by atoms with E-state index >= 15 is 0 Å². The summed E-state index contributed by atoms with van der Waals surface area (Å²) in [4.78, 5) is 54.4. The molecule has 2 unspecified atom stereocenters. The summed E-state index contributed by atoms with van der Waals surface area (Å²) in [6.45, 7) is 3.10. The number of carbonyl (C=O) groups is 4. The number of aliphatic hydroxyl groups is 1. The van der Waals surface area contributed by atoms with Crippen molar-refractivity contribution in [2.45, 2.75) is 44.9 Å². The molecular weight excluding hydrogens is 644 g/mol. The van der Waals surface area contributed by atoms with Gasteiger partial charge in [0, 0.05) is 25.7 Å². The first-order chi connectivity index (χ1) is 24.8. The number of allylic oxidation sites excluding steroid dienone is 1. The first-order valence-electron chi connectivity index (χ1n) is 17.3. The van der Waals surface area contributed by atoms with Gasteiger partial charge in [-0.2, -0.15) is 0 Å². The Labute approximate surface area is 297 Å². The molecule has 10 heteroatoms. The SMILES string of the molecule is CC/C(=C(\c1ccccc1)c1ccc(OCCN(C)C(=O)CCNc2cccc3c2C(=O)N(C2CCC(O)NC2=O)C3=O)cc1)c1ccccc1. The van der Waals surface area contributed by atoms with E-state index < -0.39 is 30.0 Å². The van der Waals surface area contributed by atoms with Crippen LogP contribution in [-0.4, -0.2) is 77.5 Å². The number of hydrogen-bond acceptors (Lipinski definition) is 7. The molecule has 0 spiro atoms. The molecule has 262 valence electrons. The Hall–Kier alpha value is -5.74. The highest BCUT2D eigenvalue weighted by molar-refractivity contribution is 6.25. The van der Waals surface area contributed by atoms with Crippen LogP contribution >= 0.6 is 0 Å². The number of anilines is 1. The van der Waals surface area contributed by atoms with Crippen molar-refractivity contribution in [3.63, 3.8) is 0 Å². The van der Waals surface area contributed by atoms with Crippen LogP contribution in [0.4, 0.5) is 5.69 Å². The second kappa shape index (κ2) is 15.9. The van der Waals surface area contributed by atoms with Gasteiger partial charge in [-0.15, -0.1) is 0 Å². The molecule has 0 radical (unpaired) electrons. The molecule has 4 aromatic carbocycles. The Morgan fingerprint density at radius 1 is 0.863 bits per heavy atom. The standard InChI is InChI=1S/C41H42N4O6/c1-3-31(27-11-6-4-7-12-27)37(28-13-8-5-9-14-28)29-17-19-30(20-18-29)51-26-25-44(2)36(47)23-24-42-33-16-10-15-32-38(33)41(50)45(40(32)49)34-21-22-35(46)43-39(34)48/h4-20,34-35,42,46H,3,21-26H2,1-2H3,(H,43,48)/b37-31-. The van der Waals surface area contributed by atoms with Gasteiger partial charge in [0.15, 0.2) is 0 Å². The Morgan fingerprint density at radius 3 is 2.20 bits per heavy atom. The van der Waals surface area contributed by atoms with E-state index in [1.54, 1.807) is 30.1 Å². The summed E-state index contributed by atoms with van der Waals surface area (Å²) in [5, 5.41) is 15.2. The Morgan fingerprint density at radius 2 is 1.53 bits per heavy atom. The van der Waals surface area contributed by atoms with Gasteiger partial charge in [-0.1, -0.05) is 85.8 Å². The summed E-state index contributed by atoms with van der Waals surface area (Å²) in [6.07, 6.45) is 0.451. The van der Waals surface area contributed by atoms with E-state index in [0.717, 1.165) is 22.4 Å². The van der Waals surface area contributed by atoms with Crippen LogP contribution in [0.1, 0.15) is 70.0 Å². The Bertz CT molecular complexity index is 1930. The van der Waals surface area contributed by atoms with E-state index in [1.165, 1.54) is 16.7 Å². The molecule has 51 heavy (non-hydrogen) atoms.